The fourth-order valence-electron chi connectivity index (χ4n) is 1.60. The van der Waals surface area contributed by atoms with Gasteiger partial charge in [0.1, 0.15) is 12.2 Å². The topological polar surface area (TPSA) is 42.7 Å². The van der Waals surface area contributed by atoms with Crippen molar-refractivity contribution in [1.29, 1.82) is 0 Å². The molecule has 0 aliphatic carbocycles. The van der Waals surface area contributed by atoms with Gasteiger partial charge in [0.15, 0.2) is 0 Å². The molecule has 2 rings (SSSR count). The number of hydrogen-bond acceptors (Lipinski definition) is 3. The van der Waals surface area contributed by atoms with Crippen LogP contribution in [0.25, 0.3) is 0 Å². The van der Waals surface area contributed by atoms with Gasteiger partial charge in [-0.1, -0.05) is 28.9 Å². The lowest BCUT2D eigenvalue weighted by Crippen LogP contribution is -2.09. The zero-order chi connectivity index (χ0) is 12.1. The highest BCUT2D eigenvalue weighted by Gasteiger charge is 2.02. The zero-order valence-electron chi connectivity index (χ0n) is 9.73. The van der Waals surface area contributed by atoms with Gasteiger partial charge in [0.2, 0.25) is 0 Å². The second kappa shape index (κ2) is 5.82. The highest BCUT2D eigenvalue weighted by Crippen LogP contribution is 2.16. The van der Waals surface area contributed by atoms with E-state index in [1.165, 1.54) is 0 Å². The van der Waals surface area contributed by atoms with Gasteiger partial charge in [0.25, 0.3) is 0 Å². The number of nitrogens with one attached hydrogen (secondary N) is 1. The zero-order valence-corrected chi connectivity index (χ0v) is 11.3. The van der Waals surface area contributed by atoms with E-state index >= 15 is 0 Å². The first-order valence-corrected chi connectivity index (χ1v) is 6.45. The summed E-state index contributed by atoms with van der Waals surface area (Å²) in [5.41, 5.74) is 1.07. The Kier molecular flexibility index (Phi) is 4.14. The summed E-state index contributed by atoms with van der Waals surface area (Å²) < 4.78 is 3.00. The molecule has 0 spiro atoms. The van der Waals surface area contributed by atoms with E-state index in [0.717, 1.165) is 29.0 Å². The van der Waals surface area contributed by atoms with Crippen LogP contribution in [0, 0.1) is 0 Å². The summed E-state index contributed by atoms with van der Waals surface area (Å²) in [7, 11) is 0. The summed E-state index contributed by atoms with van der Waals surface area (Å²) >= 11 is 3.45. The summed E-state index contributed by atoms with van der Waals surface area (Å²) in [5.74, 6) is 0.965. The van der Waals surface area contributed by atoms with E-state index in [0.29, 0.717) is 6.54 Å². The molecule has 0 radical (unpaired) electrons. The fourth-order valence-corrected chi connectivity index (χ4v) is 2.00. The Morgan fingerprint density at radius 3 is 3.06 bits per heavy atom. The maximum Gasteiger partial charge on any atom is 0.146 e. The minimum Gasteiger partial charge on any atom is -0.378 e. The van der Waals surface area contributed by atoms with Gasteiger partial charge in [-0.3, -0.25) is 0 Å². The highest BCUT2D eigenvalue weighted by atomic mass is 79.9. The van der Waals surface area contributed by atoms with Crippen LogP contribution in [0.5, 0.6) is 0 Å². The Morgan fingerprint density at radius 1 is 1.41 bits per heavy atom. The molecule has 4 nitrogen and oxygen atoms in total. The number of nitrogens with zero attached hydrogens (tertiary/aromatic N) is 3. The molecule has 1 heterocycles. The molecule has 0 saturated heterocycles. The molecule has 0 unspecified atom stereocenters. The van der Waals surface area contributed by atoms with Gasteiger partial charge in [0, 0.05) is 16.7 Å². The van der Waals surface area contributed by atoms with Crippen molar-refractivity contribution in [3.05, 3.63) is 40.9 Å². The predicted octanol–water partition coefficient (Wildman–Crippen LogP) is 3.06. The first-order valence-electron chi connectivity index (χ1n) is 5.65. The summed E-state index contributed by atoms with van der Waals surface area (Å²) in [6.45, 7) is 3.74. The largest absolute Gasteiger partial charge is 0.378 e. The quantitative estimate of drug-likeness (QED) is 0.922. The van der Waals surface area contributed by atoms with Crippen LogP contribution in [0.2, 0.25) is 0 Å². The van der Waals surface area contributed by atoms with Gasteiger partial charge in [0.05, 0.1) is 6.54 Å². The first kappa shape index (κ1) is 12.1. The van der Waals surface area contributed by atoms with Crippen LogP contribution < -0.4 is 5.32 Å². The lowest BCUT2D eigenvalue weighted by atomic mass is 10.3. The molecule has 90 valence electrons. The average molecular weight is 295 g/mol. The molecule has 0 fully saturated rings. The Bertz CT molecular complexity index is 481. The van der Waals surface area contributed by atoms with Gasteiger partial charge in [-0.25, -0.2) is 9.67 Å². The normalized spacial score (nSPS) is 10.5. The second-order valence-corrected chi connectivity index (χ2v) is 4.68. The highest BCUT2D eigenvalue weighted by molar-refractivity contribution is 9.10. The molecular weight excluding hydrogens is 280 g/mol. The smallest absolute Gasteiger partial charge is 0.146 e. The molecule has 1 aromatic heterocycles. The predicted molar refractivity (Wildman–Crippen MR) is 71.8 cm³/mol. The molecule has 0 amide bonds. The SMILES string of the molecule is CCCn1ncnc1CNc1cccc(Br)c1. The van der Waals surface area contributed by atoms with Crippen LogP contribution in [0.1, 0.15) is 19.2 Å². The molecule has 0 bridgehead atoms. The van der Waals surface area contributed by atoms with E-state index in [2.05, 4.69) is 38.3 Å². The van der Waals surface area contributed by atoms with E-state index in [-0.39, 0.29) is 0 Å². The van der Waals surface area contributed by atoms with Crippen molar-refractivity contribution in [1.82, 2.24) is 14.8 Å². The monoisotopic (exact) mass is 294 g/mol. The standard InChI is InChI=1S/C12H15BrN4/c1-2-6-17-12(15-9-16-17)8-14-11-5-3-4-10(13)7-11/h3-5,7,9,14H,2,6,8H2,1H3. The first-order chi connectivity index (χ1) is 8.29. The molecule has 2 aromatic rings. The van der Waals surface area contributed by atoms with Crippen molar-refractivity contribution < 1.29 is 0 Å². The molecule has 0 aliphatic rings. The van der Waals surface area contributed by atoms with Crippen LogP contribution in [-0.2, 0) is 13.1 Å². The van der Waals surface area contributed by atoms with Crippen LogP contribution in [0.3, 0.4) is 0 Å². The maximum absolute atomic E-state index is 4.25. The molecule has 17 heavy (non-hydrogen) atoms. The third-order valence-electron chi connectivity index (χ3n) is 2.41. The van der Waals surface area contributed by atoms with Crippen LogP contribution in [0.15, 0.2) is 35.1 Å². The van der Waals surface area contributed by atoms with Crippen LogP contribution >= 0.6 is 15.9 Å². The van der Waals surface area contributed by atoms with E-state index in [9.17, 15) is 0 Å². The van der Waals surface area contributed by atoms with Crippen molar-refractivity contribution >= 4 is 21.6 Å². The van der Waals surface area contributed by atoms with E-state index < -0.39 is 0 Å². The molecule has 1 N–H and O–H groups in total. The third-order valence-corrected chi connectivity index (χ3v) is 2.90. The summed E-state index contributed by atoms with van der Waals surface area (Å²) in [6, 6.07) is 8.08. The Labute approximate surface area is 109 Å². The average Bonchev–Trinajstić information content (AvgIpc) is 2.75. The Hall–Kier alpha value is -1.36. The third kappa shape index (κ3) is 3.30. The van der Waals surface area contributed by atoms with Crippen LogP contribution in [0.4, 0.5) is 5.69 Å². The Balaban J connectivity index is 1.99. The van der Waals surface area contributed by atoms with Gasteiger partial charge < -0.3 is 5.32 Å². The second-order valence-electron chi connectivity index (χ2n) is 3.76. The number of benzene rings is 1. The number of rotatable bonds is 5. The maximum atomic E-state index is 4.25. The van der Waals surface area contributed by atoms with Gasteiger partial charge >= 0.3 is 0 Å². The molecule has 0 aliphatic heterocycles. The van der Waals surface area contributed by atoms with Crippen molar-refractivity contribution in [2.24, 2.45) is 0 Å². The van der Waals surface area contributed by atoms with Crippen molar-refractivity contribution in [2.75, 3.05) is 5.32 Å². The molecule has 1 aromatic carbocycles. The van der Waals surface area contributed by atoms with Crippen LogP contribution in [-0.4, -0.2) is 14.8 Å². The lowest BCUT2D eigenvalue weighted by Gasteiger charge is -2.07. The lowest BCUT2D eigenvalue weighted by molar-refractivity contribution is 0.574. The van der Waals surface area contributed by atoms with E-state index in [4.69, 9.17) is 0 Å². The number of hydrogen-bond donors (Lipinski definition) is 1. The molecular formula is C12H15BrN4. The fraction of sp³-hybridized carbons (Fsp3) is 0.333. The Morgan fingerprint density at radius 2 is 2.29 bits per heavy atom. The number of aromatic nitrogens is 3. The van der Waals surface area contributed by atoms with Crippen molar-refractivity contribution in [3.63, 3.8) is 0 Å². The summed E-state index contributed by atoms with van der Waals surface area (Å²) in [4.78, 5) is 4.25. The molecule has 0 atom stereocenters. The number of aryl methyl sites for hydroxylation is 1. The minimum absolute atomic E-state index is 0.691. The molecule has 0 saturated carbocycles. The number of halogens is 1. The summed E-state index contributed by atoms with van der Waals surface area (Å²) in [6.07, 6.45) is 2.67. The van der Waals surface area contributed by atoms with Gasteiger partial charge in [-0.15, -0.1) is 0 Å². The van der Waals surface area contributed by atoms with E-state index in [1.54, 1.807) is 6.33 Å². The van der Waals surface area contributed by atoms with Crippen molar-refractivity contribution in [3.8, 4) is 0 Å². The van der Waals surface area contributed by atoms with Gasteiger partial charge in [-0.2, -0.15) is 5.10 Å². The minimum atomic E-state index is 0.691. The summed E-state index contributed by atoms with van der Waals surface area (Å²) in [5, 5.41) is 7.53. The van der Waals surface area contributed by atoms with E-state index in [1.807, 2.05) is 28.9 Å². The van der Waals surface area contributed by atoms with Gasteiger partial charge in [-0.05, 0) is 24.6 Å². The van der Waals surface area contributed by atoms with Crippen molar-refractivity contribution in [2.45, 2.75) is 26.4 Å². The number of anilines is 1. The molecule has 5 heteroatoms.